The molecule has 0 nitrogen and oxygen atoms in total. The zero-order valence-corrected chi connectivity index (χ0v) is 7.29. The maximum Gasteiger partial charge on any atom is -0.0347 e. The summed E-state index contributed by atoms with van der Waals surface area (Å²) in [5.74, 6) is 0. The van der Waals surface area contributed by atoms with Crippen molar-refractivity contribution in [2.75, 3.05) is 0 Å². The Bertz CT molecular complexity index is 138. The van der Waals surface area contributed by atoms with Gasteiger partial charge in [0.15, 0.2) is 0 Å². The van der Waals surface area contributed by atoms with E-state index in [-0.39, 0.29) is 0 Å². The Hall–Kier alpha value is -0.780. The summed E-state index contributed by atoms with van der Waals surface area (Å²) in [4.78, 5) is 0. The summed E-state index contributed by atoms with van der Waals surface area (Å²) < 4.78 is 0. The molecule has 0 atom stereocenters. The SMILES string of the molecule is [CH2]CC=CC=CC=CCCC. The second-order valence-corrected chi connectivity index (χ2v) is 2.32. The molecule has 0 unspecified atom stereocenters. The molecule has 0 aliphatic rings. The molecule has 0 saturated carbocycles. The molecule has 0 amide bonds. The lowest BCUT2D eigenvalue weighted by Crippen LogP contribution is -1.58. The molecule has 0 aromatic heterocycles. The number of unbranched alkanes of at least 4 members (excludes halogenated alkanes) is 1. The third-order valence-electron chi connectivity index (χ3n) is 1.23. The van der Waals surface area contributed by atoms with Crippen molar-refractivity contribution in [3.8, 4) is 0 Å². The molecule has 0 bridgehead atoms. The predicted octanol–water partition coefficient (Wildman–Crippen LogP) is 3.68. The van der Waals surface area contributed by atoms with E-state index in [9.17, 15) is 0 Å². The molecule has 11 heavy (non-hydrogen) atoms. The fraction of sp³-hybridized carbons (Fsp3) is 0.364. The molecule has 0 heteroatoms. The highest BCUT2D eigenvalue weighted by molar-refractivity contribution is 5.10. The van der Waals surface area contributed by atoms with Gasteiger partial charge in [0.1, 0.15) is 0 Å². The predicted molar refractivity (Wildman–Crippen MR) is 52.3 cm³/mol. The van der Waals surface area contributed by atoms with Gasteiger partial charge in [-0.3, -0.25) is 0 Å². The van der Waals surface area contributed by atoms with Crippen molar-refractivity contribution >= 4 is 0 Å². The molecule has 0 saturated heterocycles. The van der Waals surface area contributed by atoms with Gasteiger partial charge in [-0.1, -0.05) is 49.8 Å². The highest BCUT2D eigenvalue weighted by Gasteiger charge is 1.68. The van der Waals surface area contributed by atoms with E-state index in [4.69, 9.17) is 0 Å². The third kappa shape index (κ3) is 9.22. The number of hydrogen-bond donors (Lipinski definition) is 0. The van der Waals surface area contributed by atoms with Gasteiger partial charge in [-0.25, -0.2) is 0 Å². The Morgan fingerprint density at radius 1 is 1.00 bits per heavy atom. The lowest BCUT2D eigenvalue weighted by Gasteiger charge is -1.79. The highest BCUT2D eigenvalue weighted by Crippen LogP contribution is 1.89. The summed E-state index contributed by atoms with van der Waals surface area (Å²) in [5, 5.41) is 0. The topological polar surface area (TPSA) is 0 Å². The quantitative estimate of drug-likeness (QED) is 0.523. The van der Waals surface area contributed by atoms with Crippen LogP contribution < -0.4 is 0 Å². The molecule has 0 aliphatic carbocycles. The van der Waals surface area contributed by atoms with Crippen LogP contribution in [0.2, 0.25) is 0 Å². The molecule has 0 rings (SSSR count). The Balaban J connectivity index is 3.35. The van der Waals surface area contributed by atoms with Crippen LogP contribution in [-0.2, 0) is 0 Å². The standard InChI is InChI=1S/C11H17/c1-3-5-7-9-11-10-8-6-4-2/h5,7-11H,1,3-4,6H2,2H3. The fourth-order valence-corrected chi connectivity index (χ4v) is 0.645. The van der Waals surface area contributed by atoms with Crippen molar-refractivity contribution in [3.05, 3.63) is 43.4 Å². The summed E-state index contributed by atoms with van der Waals surface area (Å²) >= 11 is 0. The van der Waals surface area contributed by atoms with E-state index in [0.29, 0.717) is 0 Å². The molecule has 0 aromatic rings. The van der Waals surface area contributed by atoms with E-state index in [2.05, 4.69) is 26.0 Å². The molecule has 0 spiro atoms. The van der Waals surface area contributed by atoms with Crippen LogP contribution in [0.5, 0.6) is 0 Å². The largest absolute Gasteiger partial charge is 0.0845 e. The lowest BCUT2D eigenvalue weighted by molar-refractivity contribution is 0.959. The fourth-order valence-electron chi connectivity index (χ4n) is 0.645. The van der Waals surface area contributed by atoms with Crippen LogP contribution in [0.1, 0.15) is 26.2 Å². The molecule has 0 aromatic carbocycles. The van der Waals surface area contributed by atoms with Gasteiger partial charge in [0, 0.05) is 0 Å². The third-order valence-corrected chi connectivity index (χ3v) is 1.23. The van der Waals surface area contributed by atoms with Gasteiger partial charge in [0.25, 0.3) is 0 Å². The average Bonchev–Trinajstić information content (AvgIpc) is 2.03. The second-order valence-electron chi connectivity index (χ2n) is 2.32. The lowest BCUT2D eigenvalue weighted by atomic mass is 10.3. The molecule has 0 heterocycles. The van der Waals surface area contributed by atoms with Gasteiger partial charge in [0.2, 0.25) is 0 Å². The molecule has 1 radical (unpaired) electrons. The smallest absolute Gasteiger partial charge is 0.0347 e. The Morgan fingerprint density at radius 3 is 2.18 bits per heavy atom. The van der Waals surface area contributed by atoms with Crippen LogP contribution in [0.25, 0.3) is 0 Å². The van der Waals surface area contributed by atoms with Crippen LogP contribution in [0.15, 0.2) is 36.5 Å². The minimum Gasteiger partial charge on any atom is -0.0845 e. The minimum absolute atomic E-state index is 0.864. The van der Waals surface area contributed by atoms with Crippen LogP contribution in [0.3, 0.4) is 0 Å². The van der Waals surface area contributed by atoms with E-state index >= 15 is 0 Å². The van der Waals surface area contributed by atoms with E-state index in [1.807, 2.05) is 24.3 Å². The number of allylic oxidation sites excluding steroid dienone is 6. The average molecular weight is 149 g/mol. The van der Waals surface area contributed by atoms with Gasteiger partial charge in [-0.05, 0) is 19.8 Å². The molecule has 61 valence electrons. The minimum atomic E-state index is 0.864. The van der Waals surface area contributed by atoms with Crippen LogP contribution >= 0.6 is 0 Å². The van der Waals surface area contributed by atoms with E-state index in [0.717, 1.165) is 6.42 Å². The summed E-state index contributed by atoms with van der Waals surface area (Å²) in [6, 6.07) is 0. The van der Waals surface area contributed by atoms with Gasteiger partial charge in [-0.15, -0.1) is 0 Å². The second kappa shape index (κ2) is 9.22. The van der Waals surface area contributed by atoms with Crippen molar-refractivity contribution < 1.29 is 0 Å². The molecule has 0 N–H and O–H groups in total. The summed E-state index contributed by atoms with van der Waals surface area (Å²) in [7, 11) is 0. The van der Waals surface area contributed by atoms with Crippen molar-refractivity contribution in [2.24, 2.45) is 0 Å². The molecule has 0 fully saturated rings. The summed E-state index contributed by atoms with van der Waals surface area (Å²) in [5.41, 5.74) is 0. The van der Waals surface area contributed by atoms with Crippen molar-refractivity contribution in [1.29, 1.82) is 0 Å². The molecular weight excluding hydrogens is 132 g/mol. The van der Waals surface area contributed by atoms with E-state index < -0.39 is 0 Å². The van der Waals surface area contributed by atoms with Crippen LogP contribution in [0.4, 0.5) is 0 Å². The molecule has 0 aliphatic heterocycles. The van der Waals surface area contributed by atoms with Gasteiger partial charge >= 0.3 is 0 Å². The first-order chi connectivity index (χ1) is 5.41. The summed E-state index contributed by atoms with van der Waals surface area (Å²) in [6.45, 7) is 5.87. The Labute approximate surface area is 70.3 Å². The summed E-state index contributed by atoms with van der Waals surface area (Å²) in [6.07, 6.45) is 15.6. The van der Waals surface area contributed by atoms with Gasteiger partial charge in [-0.2, -0.15) is 0 Å². The zero-order valence-electron chi connectivity index (χ0n) is 7.29. The maximum atomic E-state index is 3.69. The number of hydrogen-bond acceptors (Lipinski definition) is 0. The van der Waals surface area contributed by atoms with Crippen molar-refractivity contribution in [3.63, 3.8) is 0 Å². The Morgan fingerprint density at radius 2 is 1.64 bits per heavy atom. The van der Waals surface area contributed by atoms with Crippen molar-refractivity contribution in [1.82, 2.24) is 0 Å². The van der Waals surface area contributed by atoms with Crippen LogP contribution in [0, 0.1) is 6.92 Å². The zero-order chi connectivity index (χ0) is 8.36. The maximum absolute atomic E-state index is 3.69. The number of rotatable bonds is 5. The van der Waals surface area contributed by atoms with Crippen LogP contribution in [-0.4, -0.2) is 0 Å². The normalized spacial score (nSPS) is 12.5. The molecular formula is C11H17. The van der Waals surface area contributed by atoms with E-state index in [1.54, 1.807) is 0 Å². The monoisotopic (exact) mass is 149 g/mol. The van der Waals surface area contributed by atoms with Crippen molar-refractivity contribution in [2.45, 2.75) is 26.2 Å². The highest BCUT2D eigenvalue weighted by atomic mass is 13.7. The van der Waals surface area contributed by atoms with Gasteiger partial charge < -0.3 is 0 Å². The first-order valence-corrected chi connectivity index (χ1v) is 4.19. The first kappa shape index (κ1) is 10.2. The first-order valence-electron chi connectivity index (χ1n) is 4.19. The van der Waals surface area contributed by atoms with Gasteiger partial charge in [0.05, 0.1) is 0 Å². The Kier molecular flexibility index (Phi) is 8.57. The van der Waals surface area contributed by atoms with E-state index in [1.165, 1.54) is 12.8 Å².